The fraction of sp³-hybridized carbons (Fsp3) is 0.333. The van der Waals surface area contributed by atoms with Gasteiger partial charge in [-0.15, -0.1) is 0 Å². The second kappa shape index (κ2) is 8.58. The van der Waals surface area contributed by atoms with Crippen LogP contribution in [0.25, 0.3) is 0 Å². The van der Waals surface area contributed by atoms with Crippen LogP contribution in [0.4, 0.5) is 18.0 Å². The Morgan fingerprint density at radius 3 is 2.06 bits per heavy atom. The van der Waals surface area contributed by atoms with E-state index in [-0.39, 0.29) is 28.4 Å². The van der Waals surface area contributed by atoms with Gasteiger partial charge in [-0.1, -0.05) is 30.3 Å². The number of carbonyl (C=O) groups is 2. The Morgan fingerprint density at radius 2 is 1.59 bits per heavy atom. The average molecular weight is 454 g/mol. The van der Waals surface area contributed by atoms with E-state index in [0.717, 1.165) is 0 Å². The molecule has 3 N–H and O–H groups in total. The van der Waals surface area contributed by atoms with Gasteiger partial charge >= 0.3 is 12.2 Å². The topological polar surface area (TPSA) is 106 Å². The van der Waals surface area contributed by atoms with Crippen molar-refractivity contribution >= 4 is 11.8 Å². The van der Waals surface area contributed by atoms with Crippen LogP contribution >= 0.6 is 0 Å². The maximum atomic E-state index is 14.0. The van der Waals surface area contributed by atoms with Gasteiger partial charge < -0.3 is 30.0 Å². The van der Waals surface area contributed by atoms with E-state index in [1.165, 1.54) is 63.0 Å². The Bertz CT molecular complexity index is 989. The van der Waals surface area contributed by atoms with Gasteiger partial charge in [-0.05, 0) is 17.7 Å². The van der Waals surface area contributed by atoms with Crippen molar-refractivity contribution in [2.75, 3.05) is 21.3 Å². The van der Waals surface area contributed by atoms with Gasteiger partial charge in [0.05, 0.1) is 27.4 Å². The third kappa shape index (κ3) is 3.91. The summed E-state index contributed by atoms with van der Waals surface area (Å²) in [7, 11) is 3.96. The fourth-order valence-corrected chi connectivity index (χ4v) is 3.68. The second-order valence-electron chi connectivity index (χ2n) is 7.01. The molecule has 32 heavy (non-hydrogen) atoms. The van der Waals surface area contributed by atoms with Crippen LogP contribution in [0.5, 0.6) is 17.2 Å². The van der Waals surface area contributed by atoms with Crippen molar-refractivity contribution in [2.45, 2.75) is 17.9 Å². The molecule has 2 aromatic carbocycles. The minimum Gasteiger partial charge on any atom is -0.493 e. The Hall–Kier alpha value is -3.47. The molecule has 1 aliphatic heterocycles. The maximum absolute atomic E-state index is 14.0. The van der Waals surface area contributed by atoms with Crippen molar-refractivity contribution in [3.63, 3.8) is 0 Å². The Labute approximate surface area is 181 Å². The lowest BCUT2D eigenvalue weighted by atomic mass is 9.77. The van der Waals surface area contributed by atoms with Crippen molar-refractivity contribution in [3.8, 4) is 17.2 Å². The van der Waals surface area contributed by atoms with Crippen molar-refractivity contribution in [1.29, 1.82) is 0 Å². The summed E-state index contributed by atoms with van der Waals surface area (Å²) < 4.78 is 57.7. The Balaban J connectivity index is 2.24. The highest BCUT2D eigenvalue weighted by Crippen LogP contribution is 2.47. The van der Waals surface area contributed by atoms with Crippen LogP contribution in [0.2, 0.25) is 0 Å². The standard InChI is InChI=1S/C21H21F3N2O6/c1-30-13-9-12(10-14(31-2)18(13)32-3)16-15(17(27)11-7-5-4-6-8-11)20(29,21(22,23)24)26-19(28)25-16/h4-10,15-16,29H,1-3H3,(H2,25,26,28)/t15-,16-,20+/m0/s1. The molecule has 1 saturated heterocycles. The van der Waals surface area contributed by atoms with E-state index in [1.807, 2.05) is 0 Å². The number of urea groups is 1. The van der Waals surface area contributed by atoms with Gasteiger partial charge in [-0.2, -0.15) is 13.2 Å². The number of methoxy groups -OCH3 is 3. The zero-order valence-corrected chi connectivity index (χ0v) is 17.3. The molecular weight excluding hydrogens is 433 g/mol. The van der Waals surface area contributed by atoms with Gasteiger partial charge in [0, 0.05) is 5.56 Å². The first-order chi connectivity index (χ1) is 15.1. The van der Waals surface area contributed by atoms with Crippen molar-refractivity contribution < 1.29 is 42.1 Å². The third-order valence-corrected chi connectivity index (χ3v) is 5.19. The second-order valence-corrected chi connectivity index (χ2v) is 7.01. The molecule has 0 bridgehead atoms. The smallest absolute Gasteiger partial charge is 0.437 e. The van der Waals surface area contributed by atoms with Crippen molar-refractivity contribution in [2.24, 2.45) is 5.92 Å². The van der Waals surface area contributed by atoms with Gasteiger partial charge in [0.1, 0.15) is 5.92 Å². The van der Waals surface area contributed by atoms with Crippen LogP contribution < -0.4 is 24.8 Å². The first-order valence-corrected chi connectivity index (χ1v) is 9.34. The molecule has 3 rings (SSSR count). The van der Waals surface area contributed by atoms with Crippen LogP contribution in [0.1, 0.15) is 22.0 Å². The molecule has 0 spiro atoms. The summed E-state index contributed by atoms with van der Waals surface area (Å²) >= 11 is 0. The molecule has 3 atom stereocenters. The van der Waals surface area contributed by atoms with Crippen LogP contribution in [-0.2, 0) is 0 Å². The van der Waals surface area contributed by atoms with Gasteiger partial charge in [0.25, 0.3) is 0 Å². The van der Waals surface area contributed by atoms with Crippen LogP contribution in [0.3, 0.4) is 0 Å². The SMILES string of the molecule is COc1cc([C@@H]2NC(=O)N[C@](O)(C(F)(F)F)[C@@H]2C(=O)c2ccccc2)cc(OC)c1OC. The highest BCUT2D eigenvalue weighted by molar-refractivity contribution is 6.00. The quantitative estimate of drug-likeness (QED) is 0.580. The van der Waals surface area contributed by atoms with Gasteiger partial charge in [-0.3, -0.25) is 4.79 Å². The number of halogens is 3. The number of aliphatic hydroxyl groups is 1. The summed E-state index contributed by atoms with van der Waals surface area (Å²) in [4.78, 5) is 25.4. The number of ketones is 1. The fourth-order valence-electron chi connectivity index (χ4n) is 3.68. The third-order valence-electron chi connectivity index (χ3n) is 5.19. The van der Waals surface area contributed by atoms with Crippen molar-refractivity contribution in [1.82, 2.24) is 10.6 Å². The molecule has 8 nitrogen and oxygen atoms in total. The molecule has 1 fully saturated rings. The Morgan fingerprint density at radius 1 is 1.03 bits per heavy atom. The minimum absolute atomic E-state index is 0.0336. The normalized spacial score (nSPS) is 23.0. The van der Waals surface area contributed by atoms with Gasteiger partial charge in [0.2, 0.25) is 11.5 Å². The zero-order chi connectivity index (χ0) is 23.7. The lowest BCUT2D eigenvalue weighted by Crippen LogP contribution is -2.72. The molecule has 0 radical (unpaired) electrons. The molecule has 0 aromatic heterocycles. The number of amides is 2. The lowest BCUT2D eigenvalue weighted by Gasteiger charge is -2.45. The summed E-state index contributed by atoms with van der Waals surface area (Å²) in [5, 5.41) is 14.5. The first-order valence-electron chi connectivity index (χ1n) is 9.34. The maximum Gasteiger partial charge on any atom is 0.437 e. The van der Waals surface area contributed by atoms with E-state index >= 15 is 0 Å². The van der Waals surface area contributed by atoms with Gasteiger partial charge in [0.15, 0.2) is 17.3 Å². The van der Waals surface area contributed by atoms with E-state index in [4.69, 9.17) is 14.2 Å². The number of ether oxygens (including phenoxy) is 3. The average Bonchev–Trinajstić information content (AvgIpc) is 2.76. The molecule has 0 saturated carbocycles. The predicted molar refractivity (Wildman–Crippen MR) is 106 cm³/mol. The van der Waals surface area contributed by atoms with Crippen molar-refractivity contribution in [3.05, 3.63) is 53.6 Å². The van der Waals surface area contributed by atoms with E-state index in [0.29, 0.717) is 0 Å². The summed E-state index contributed by atoms with van der Waals surface area (Å²) in [5.74, 6) is -2.86. The number of Topliss-reactive ketones (excluding diaryl/α,β-unsaturated/α-hetero) is 1. The summed E-state index contributed by atoms with van der Waals surface area (Å²) in [6.07, 6.45) is -5.36. The number of alkyl halides is 3. The number of hydrogen-bond acceptors (Lipinski definition) is 6. The summed E-state index contributed by atoms with van der Waals surface area (Å²) in [6, 6.07) is 6.90. The number of hydrogen-bond donors (Lipinski definition) is 3. The number of nitrogens with one attached hydrogen (secondary N) is 2. The van der Waals surface area contributed by atoms with E-state index in [2.05, 4.69) is 5.32 Å². The number of benzene rings is 2. The molecule has 0 aliphatic carbocycles. The Kier molecular flexibility index (Phi) is 6.22. The molecule has 11 heteroatoms. The molecule has 0 unspecified atom stereocenters. The highest BCUT2D eigenvalue weighted by Gasteiger charge is 2.66. The zero-order valence-electron chi connectivity index (χ0n) is 17.3. The van der Waals surface area contributed by atoms with Crippen LogP contribution in [-0.4, -0.2) is 50.2 Å². The van der Waals surface area contributed by atoms with Gasteiger partial charge in [-0.25, -0.2) is 4.79 Å². The lowest BCUT2D eigenvalue weighted by molar-refractivity contribution is -0.287. The van der Waals surface area contributed by atoms with E-state index in [1.54, 1.807) is 6.07 Å². The number of carbonyl (C=O) groups excluding carboxylic acids is 2. The largest absolute Gasteiger partial charge is 0.493 e. The van der Waals surface area contributed by atoms with Crippen LogP contribution in [0.15, 0.2) is 42.5 Å². The number of rotatable bonds is 6. The molecule has 1 heterocycles. The molecule has 2 amide bonds. The monoisotopic (exact) mass is 454 g/mol. The first kappa shape index (κ1) is 23.2. The molecule has 1 aliphatic rings. The predicted octanol–water partition coefficient (Wildman–Crippen LogP) is 2.82. The molecule has 172 valence electrons. The molecule has 2 aromatic rings. The van der Waals surface area contributed by atoms with E-state index in [9.17, 15) is 27.9 Å². The summed E-state index contributed by atoms with van der Waals surface area (Å²) in [5.41, 5.74) is -3.88. The summed E-state index contributed by atoms with van der Waals surface area (Å²) in [6.45, 7) is 0. The molecular formula is C21H21F3N2O6. The minimum atomic E-state index is -5.36. The van der Waals surface area contributed by atoms with E-state index < -0.39 is 35.7 Å². The highest BCUT2D eigenvalue weighted by atomic mass is 19.4. The van der Waals surface area contributed by atoms with Crippen LogP contribution in [0, 0.1) is 5.92 Å².